The van der Waals surface area contributed by atoms with Crippen LogP contribution in [0.2, 0.25) is 0 Å². The molecule has 9 heteroatoms. The van der Waals surface area contributed by atoms with Gasteiger partial charge >= 0.3 is 6.18 Å². The summed E-state index contributed by atoms with van der Waals surface area (Å²) in [5.74, 6) is -1.12. The first kappa shape index (κ1) is 30.8. The van der Waals surface area contributed by atoms with Gasteiger partial charge in [0.15, 0.2) is 5.78 Å². The van der Waals surface area contributed by atoms with E-state index in [1.165, 1.54) is 11.1 Å². The maximum absolute atomic E-state index is 13.5. The van der Waals surface area contributed by atoms with Gasteiger partial charge in [0.2, 0.25) is 5.91 Å². The number of ketones is 1. The Kier molecular flexibility index (Phi) is 10.2. The van der Waals surface area contributed by atoms with Gasteiger partial charge in [-0.05, 0) is 80.0 Å². The number of benzene rings is 2. The molecule has 0 spiro atoms. The molecule has 2 aliphatic rings. The fourth-order valence-corrected chi connectivity index (χ4v) is 5.94. The molecule has 1 aliphatic heterocycles. The standard InChI is InChI=1S/C32H40F3N3O3/c1-21(2)18-28(29(39)20-38-17-7-10-22-8-3-4-9-24(22)19-38)37-31(41)26-11-5-6-12-27(26)36-30(40)23-13-15-25(16-14-23)32(33,34)35/h3-4,8-9,13-16,21,26-28H,5-7,10-12,17-20H2,1-2H3,(H,36,40)(H,37,41)/t26-,27+,28+/m1/s1. The molecule has 2 amide bonds. The highest BCUT2D eigenvalue weighted by Gasteiger charge is 2.35. The van der Waals surface area contributed by atoms with Gasteiger partial charge in [-0.1, -0.05) is 51.0 Å². The minimum absolute atomic E-state index is 0.0208. The van der Waals surface area contributed by atoms with Gasteiger partial charge in [0.05, 0.1) is 24.1 Å². The molecule has 2 aromatic rings. The molecular formula is C32H40F3N3O3. The van der Waals surface area contributed by atoms with Gasteiger partial charge in [0, 0.05) is 18.2 Å². The first-order valence-electron chi connectivity index (χ1n) is 14.6. The Morgan fingerprint density at radius 2 is 1.63 bits per heavy atom. The Hall–Kier alpha value is -3.20. The number of hydrogen-bond donors (Lipinski definition) is 2. The van der Waals surface area contributed by atoms with Crippen LogP contribution in [0.1, 0.15) is 79.4 Å². The molecular weight excluding hydrogens is 531 g/mol. The van der Waals surface area contributed by atoms with Gasteiger partial charge in [0.25, 0.3) is 5.91 Å². The third-order valence-electron chi connectivity index (χ3n) is 8.12. The molecule has 0 saturated heterocycles. The smallest absolute Gasteiger partial charge is 0.349 e. The second-order valence-electron chi connectivity index (χ2n) is 11.8. The van der Waals surface area contributed by atoms with Gasteiger partial charge < -0.3 is 10.6 Å². The number of alkyl halides is 3. The molecule has 4 rings (SSSR count). The van der Waals surface area contributed by atoms with Crippen LogP contribution in [-0.4, -0.2) is 47.7 Å². The molecule has 41 heavy (non-hydrogen) atoms. The Bertz CT molecular complexity index is 1210. The molecule has 2 aromatic carbocycles. The van der Waals surface area contributed by atoms with E-state index in [0.717, 1.165) is 56.5 Å². The zero-order valence-corrected chi connectivity index (χ0v) is 23.8. The van der Waals surface area contributed by atoms with Crippen LogP contribution in [0.15, 0.2) is 48.5 Å². The summed E-state index contributed by atoms with van der Waals surface area (Å²) >= 11 is 0. The first-order valence-corrected chi connectivity index (χ1v) is 14.6. The average molecular weight is 572 g/mol. The highest BCUT2D eigenvalue weighted by Crippen LogP contribution is 2.30. The lowest BCUT2D eigenvalue weighted by molar-refractivity contribution is -0.137. The highest BCUT2D eigenvalue weighted by molar-refractivity contribution is 5.95. The van der Waals surface area contributed by atoms with Crippen molar-refractivity contribution in [3.63, 3.8) is 0 Å². The number of fused-ring (bicyclic) bond motifs is 1. The van der Waals surface area contributed by atoms with Gasteiger partial charge in [-0.25, -0.2) is 0 Å². The minimum Gasteiger partial charge on any atom is -0.349 e. The van der Waals surface area contributed by atoms with Gasteiger partial charge in [-0.3, -0.25) is 19.3 Å². The largest absolute Gasteiger partial charge is 0.416 e. The fourth-order valence-electron chi connectivity index (χ4n) is 5.94. The van der Waals surface area contributed by atoms with E-state index in [9.17, 15) is 27.6 Å². The zero-order valence-electron chi connectivity index (χ0n) is 23.8. The maximum atomic E-state index is 13.5. The normalized spacial score (nSPS) is 20.5. The summed E-state index contributed by atoms with van der Waals surface area (Å²) in [6.45, 7) is 5.80. The number of Topliss-reactive ketones (excluding diaryl/α,β-unsaturated/α-hetero) is 1. The number of carbonyl (C=O) groups excluding carboxylic acids is 3. The van der Waals surface area contributed by atoms with Crippen LogP contribution in [0.3, 0.4) is 0 Å². The maximum Gasteiger partial charge on any atom is 0.416 e. The Balaban J connectivity index is 1.40. The summed E-state index contributed by atoms with van der Waals surface area (Å²) in [6.07, 6.45) is 0.776. The molecule has 0 unspecified atom stereocenters. The first-order chi connectivity index (χ1) is 19.5. The minimum atomic E-state index is -4.48. The van der Waals surface area contributed by atoms with Crippen LogP contribution in [0.25, 0.3) is 0 Å². The van der Waals surface area contributed by atoms with Crippen LogP contribution < -0.4 is 10.6 Å². The van der Waals surface area contributed by atoms with E-state index in [1.807, 2.05) is 26.0 Å². The van der Waals surface area contributed by atoms with Crippen molar-refractivity contribution in [2.24, 2.45) is 11.8 Å². The SMILES string of the molecule is CC(C)C[C@H](NC(=O)[C@@H]1CCCC[C@@H]1NC(=O)c1ccc(C(F)(F)F)cc1)C(=O)CN1CCCc2ccccc2C1. The van der Waals surface area contributed by atoms with Crippen molar-refractivity contribution in [1.82, 2.24) is 15.5 Å². The predicted octanol–water partition coefficient (Wildman–Crippen LogP) is 5.54. The van der Waals surface area contributed by atoms with Crippen molar-refractivity contribution in [2.45, 2.75) is 83.6 Å². The molecule has 1 aliphatic carbocycles. The Morgan fingerprint density at radius 1 is 0.951 bits per heavy atom. The number of halogens is 3. The molecule has 1 heterocycles. The third-order valence-corrected chi connectivity index (χ3v) is 8.12. The van der Waals surface area contributed by atoms with Crippen molar-refractivity contribution in [3.8, 4) is 0 Å². The van der Waals surface area contributed by atoms with Crippen LogP contribution in [0.4, 0.5) is 13.2 Å². The number of amides is 2. The second kappa shape index (κ2) is 13.6. The van der Waals surface area contributed by atoms with Crippen molar-refractivity contribution in [3.05, 3.63) is 70.8 Å². The molecule has 1 saturated carbocycles. The van der Waals surface area contributed by atoms with Gasteiger partial charge in [-0.15, -0.1) is 0 Å². The zero-order chi connectivity index (χ0) is 29.6. The molecule has 0 radical (unpaired) electrons. The van der Waals surface area contributed by atoms with E-state index in [-0.39, 0.29) is 29.7 Å². The molecule has 3 atom stereocenters. The Morgan fingerprint density at radius 3 is 2.32 bits per heavy atom. The number of rotatable bonds is 9. The summed E-state index contributed by atoms with van der Waals surface area (Å²) in [5.41, 5.74) is 1.83. The number of aryl methyl sites for hydroxylation is 1. The van der Waals surface area contributed by atoms with Gasteiger partial charge in [-0.2, -0.15) is 13.2 Å². The Labute approximate surface area is 240 Å². The lowest BCUT2D eigenvalue weighted by Crippen LogP contribution is -2.53. The topological polar surface area (TPSA) is 78.5 Å². The monoisotopic (exact) mass is 571 g/mol. The number of nitrogens with one attached hydrogen (secondary N) is 2. The van der Waals surface area contributed by atoms with E-state index < -0.39 is 35.6 Å². The van der Waals surface area contributed by atoms with Crippen molar-refractivity contribution < 1.29 is 27.6 Å². The predicted molar refractivity (Wildman–Crippen MR) is 151 cm³/mol. The van der Waals surface area contributed by atoms with Crippen LogP contribution in [0.5, 0.6) is 0 Å². The van der Waals surface area contributed by atoms with Crippen LogP contribution in [-0.2, 0) is 28.7 Å². The summed E-state index contributed by atoms with van der Waals surface area (Å²) in [6, 6.07) is 11.3. The highest BCUT2D eigenvalue weighted by atomic mass is 19.4. The molecule has 222 valence electrons. The average Bonchev–Trinajstić information content (AvgIpc) is 3.14. The third kappa shape index (κ3) is 8.41. The van der Waals surface area contributed by atoms with Gasteiger partial charge in [0.1, 0.15) is 0 Å². The molecule has 2 N–H and O–H groups in total. The summed E-state index contributed by atoms with van der Waals surface area (Å²) < 4.78 is 38.7. The number of nitrogens with zero attached hydrogens (tertiary/aromatic N) is 1. The lowest BCUT2D eigenvalue weighted by Gasteiger charge is -2.33. The fraction of sp³-hybridized carbons (Fsp3) is 0.531. The van der Waals surface area contributed by atoms with Crippen molar-refractivity contribution >= 4 is 17.6 Å². The molecule has 0 aromatic heterocycles. The summed E-state index contributed by atoms with van der Waals surface area (Å²) in [4.78, 5) is 42.1. The van der Waals surface area contributed by atoms with Crippen molar-refractivity contribution in [1.29, 1.82) is 0 Å². The van der Waals surface area contributed by atoms with E-state index in [2.05, 4.69) is 27.7 Å². The van der Waals surface area contributed by atoms with E-state index in [1.54, 1.807) is 0 Å². The molecule has 6 nitrogen and oxygen atoms in total. The number of hydrogen-bond acceptors (Lipinski definition) is 4. The van der Waals surface area contributed by atoms with Crippen molar-refractivity contribution in [2.75, 3.05) is 13.1 Å². The summed E-state index contributed by atoms with van der Waals surface area (Å²) in [5, 5.41) is 5.89. The van der Waals surface area contributed by atoms with Crippen LogP contribution in [0, 0.1) is 11.8 Å². The van der Waals surface area contributed by atoms with E-state index in [0.29, 0.717) is 25.8 Å². The quantitative estimate of drug-likeness (QED) is 0.414. The molecule has 0 bridgehead atoms. The summed E-state index contributed by atoms with van der Waals surface area (Å²) in [7, 11) is 0. The molecule has 1 fully saturated rings. The number of carbonyl (C=O) groups is 3. The van der Waals surface area contributed by atoms with E-state index in [4.69, 9.17) is 0 Å². The second-order valence-corrected chi connectivity index (χ2v) is 11.8. The lowest BCUT2D eigenvalue weighted by atomic mass is 9.83. The van der Waals surface area contributed by atoms with E-state index >= 15 is 0 Å². The van der Waals surface area contributed by atoms with Crippen LogP contribution >= 0.6 is 0 Å².